The van der Waals surface area contributed by atoms with E-state index in [4.69, 9.17) is 4.74 Å². The van der Waals surface area contributed by atoms with Crippen molar-refractivity contribution in [2.75, 3.05) is 45.9 Å². The minimum Gasteiger partial charge on any atom is -0.379 e. The van der Waals surface area contributed by atoms with Gasteiger partial charge >= 0.3 is 0 Å². The first kappa shape index (κ1) is 19.4. The van der Waals surface area contributed by atoms with Gasteiger partial charge in [0.15, 0.2) is 0 Å². The molecule has 1 saturated carbocycles. The van der Waals surface area contributed by atoms with E-state index >= 15 is 0 Å². The quantitative estimate of drug-likeness (QED) is 0.831. The molecule has 1 N–H and O–H groups in total. The third kappa shape index (κ3) is 5.11. The second-order valence-corrected chi connectivity index (χ2v) is 8.80. The lowest BCUT2D eigenvalue weighted by molar-refractivity contribution is -0.0383. The maximum atomic E-state index is 5.62. The van der Waals surface area contributed by atoms with Crippen LogP contribution in [-0.4, -0.2) is 67.3 Å². The summed E-state index contributed by atoms with van der Waals surface area (Å²) in [4.78, 5) is 5.37. The number of rotatable bonds is 6. The second-order valence-electron chi connectivity index (χ2n) is 8.80. The first-order chi connectivity index (χ1) is 13.3. The lowest BCUT2D eigenvalue weighted by atomic mass is 9.79. The van der Waals surface area contributed by atoms with Gasteiger partial charge in [0.1, 0.15) is 0 Å². The lowest BCUT2D eigenvalue weighted by Gasteiger charge is -2.49. The fraction of sp³-hybridized carbons (Fsp3) is 0.739. The van der Waals surface area contributed by atoms with Crippen LogP contribution >= 0.6 is 0 Å². The van der Waals surface area contributed by atoms with E-state index in [0.29, 0.717) is 11.6 Å². The lowest BCUT2D eigenvalue weighted by Crippen LogP contribution is -2.60. The number of benzene rings is 1. The van der Waals surface area contributed by atoms with Gasteiger partial charge in [-0.1, -0.05) is 49.6 Å². The Morgan fingerprint density at radius 3 is 2.33 bits per heavy atom. The highest BCUT2D eigenvalue weighted by Crippen LogP contribution is 2.34. The molecule has 0 unspecified atom stereocenters. The van der Waals surface area contributed by atoms with E-state index in [1.807, 2.05) is 0 Å². The summed E-state index contributed by atoms with van der Waals surface area (Å²) < 4.78 is 5.62. The number of hydrogen-bond donors (Lipinski definition) is 1. The van der Waals surface area contributed by atoms with Crippen LogP contribution in [0, 0.1) is 0 Å². The van der Waals surface area contributed by atoms with E-state index in [2.05, 4.69) is 45.4 Å². The van der Waals surface area contributed by atoms with Crippen LogP contribution in [0.25, 0.3) is 0 Å². The predicted molar refractivity (Wildman–Crippen MR) is 111 cm³/mol. The standard InChI is InChI=1S/C23H37N3O/c1-3-7-21(8-4-1)19-25-13-9-22(10-14-25)24-20-23(11-5-2-6-12-23)26-15-17-27-18-16-26/h1,3-4,7-8,22,24H,2,5-6,9-20H2. The Balaban J connectivity index is 1.26. The Labute approximate surface area is 165 Å². The van der Waals surface area contributed by atoms with Crippen LogP contribution in [0.2, 0.25) is 0 Å². The molecular formula is C23H37N3O. The fourth-order valence-electron chi connectivity index (χ4n) is 5.32. The Bertz CT molecular complexity index is 544. The van der Waals surface area contributed by atoms with E-state index < -0.39 is 0 Å². The zero-order valence-corrected chi connectivity index (χ0v) is 16.9. The molecule has 4 rings (SSSR count). The van der Waals surface area contributed by atoms with Crippen LogP contribution in [0.5, 0.6) is 0 Å². The maximum absolute atomic E-state index is 5.62. The van der Waals surface area contributed by atoms with Crippen molar-refractivity contribution < 1.29 is 4.74 Å². The maximum Gasteiger partial charge on any atom is 0.0594 e. The summed E-state index contributed by atoms with van der Waals surface area (Å²) in [5.41, 5.74) is 1.83. The molecule has 0 spiro atoms. The molecule has 0 radical (unpaired) electrons. The van der Waals surface area contributed by atoms with Crippen molar-refractivity contribution in [3.8, 4) is 0 Å². The molecule has 27 heavy (non-hydrogen) atoms. The second kappa shape index (κ2) is 9.51. The molecule has 3 fully saturated rings. The smallest absolute Gasteiger partial charge is 0.0594 e. The Kier molecular flexibility index (Phi) is 6.82. The van der Waals surface area contributed by atoms with Gasteiger partial charge in [-0.25, -0.2) is 0 Å². The number of nitrogens with zero attached hydrogens (tertiary/aromatic N) is 2. The average Bonchev–Trinajstić information content (AvgIpc) is 2.75. The summed E-state index contributed by atoms with van der Waals surface area (Å²) >= 11 is 0. The number of nitrogens with one attached hydrogen (secondary N) is 1. The summed E-state index contributed by atoms with van der Waals surface area (Å²) in [6.07, 6.45) is 9.52. The third-order valence-electron chi connectivity index (χ3n) is 7.02. The van der Waals surface area contributed by atoms with Gasteiger partial charge in [0.05, 0.1) is 13.2 Å². The van der Waals surface area contributed by atoms with Gasteiger partial charge in [-0.15, -0.1) is 0 Å². The number of piperidine rings is 1. The molecule has 2 saturated heterocycles. The number of hydrogen-bond acceptors (Lipinski definition) is 4. The van der Waals surface area contributed by atoms with Gasteiger partial charge in [-0.05, 0) is 44.3 Å². The summed E-state index contributed by atoms with van der Waals surface area (Å²) in [7, 11) is 0. The van der Waals surface area contributed by atoms with Gasteiger partial charge in [0.25, 0.3) is 0 Å². The summed E-state index contributed by atoms with van der Waals surface area (Å²) in [6, 6.07) is 11.6. The first-order valence-electron chi connectivity index (χ1n) is 11.2. The summed E-state index contributed by atoms with van der Waals surface area (Å²) in [5, 5.41) is 4.00. The van der Waals surface area contributed by atoms with Crippen LogP contribution in [0.15, 0.2) is 30.3 Å². The molecule has 1 aromatic rings. The minimum atomic E-state index is 0.392. The van der Waals surface area contributed by atoms with Crippen molar-refractivity contribution in [3.05, 3.63) is 35.9 Å². The highest BCUT2D eigenvalue weighted by Gasteiger charge is 2.38. The summed E-state index contributed by atoms with van der Waals surface area (Å²) in [5.74, 6) is 0. The van der Waals surface area contributed by atoms with Crippen molar-refractivity contribution in [3.63, 3.8) is 0 Å². The van der Waals surface area contributed by atoms with Gasteiger partial charge in [-0.2, -0.15) is 0 Å². The largest absolute Gasteiger partial charge is 0.379 e. The monoisotopic (exact) mass is 371 g/mol. The minimum absolute atomic E-state index is 0.392. The van der Waals surface area contributed by atoms with Crippen molar-refractivity contribution in [2.45, 2.75) is 63.1 Å². The Morgan fingerprint density at radius 1 is 0.926 bits per heavy atom. The average molecular weight is 372 g/mol. The highest BCUT2D eigenvalue weighted by molar-refractivity contribution is 5.14. The Morgan fingerprint density at radius 2 is 1.63 bits per heavy atom. The van der Waals surface area contributed by atoms with E-state index in [0.717, 1.165) is 32.8 Å². The number of ether oxygens (including phenoxy) is 1. The zero-order chi connectivity index (χ0) is 18.4. The van der Waals surface area contributed by atoms with Crippen molar-refractivity contribution in [1.82, 2.24) is 15.1 Å². The third-order valence-corrected chi connectivity index (χ3v) is 7.02. The van der Waals surface area contributed by atoms with Crippen LogP contribution in [0.1, 0.15) is 50.5 Å². The van der Waals surface area contributed by atoms with Gasteiger partial charge in [0, 0.05) is 37.8 Å². The molecule has 0 aromatic heterocycles. The van der Waals surface area contributed by atoms with Crippen LogP contribution < -0.4 is 5.32 Å². The molecule has 0 amide bonds. The molecule has 4 nitrogen and oxygen atoms in total. The van der Waals surface area contributed by atoms with Gasteiger partial charge in [0.2, 0.25) is 0 Å². The molecular weight excluding hydrogens is 334 g/mol. The molecule has 0 atom stereocenters. The number of likely N-dealkylation sites (tertiary alicyclic amines) is 1. The molecule has 3 aliphatic rings. The molecule has 150 valence electrons. The summed E-state index contributed by atoms with van der Waals surface area (Å²) in [6.45, 7) is 8.80. The van der Waals surface area contributed by atoms with Crippen molar-refractivity contribution in [1.29, 1.82) is 0 Å². The molecule has 0 bridgehead atoms. The van der Waals surface area contributed by atoms with Crippen LogP contribution in [0.3, 0.4) is 0 Å². The van der Waals surface area contributed by atoms with E-state index in [1.54, 1.807) is 0 Å². The Hall–Kier alpha value is -0.940. The molecule has 2 heterocycles. The molecule has 1 aromatic carbocycles. The van der Waals surface area contributed by atoms with Gasteiger partial charge < -0.3 is 10.1 Å². The normalized spacial score (nSPS) is 25.5. The van der Waals surface area contributed by atoms with Crippen molar-refractivity contribution >= 4 is 0 Å². The predicted octanol–water partition coefficient (Wildman–Crippen LogP) is 3.28. The van der Waals surface area contributed by atoms with E-state index in [-0.39, 0.29) is 0 Å². The van der Waals surface area contributed by atoms with Crippen molar-refractivity contribution in [2.24, 2.45) is 0 Å². The van der Waals surface area contributed by atoms with Crippen LogP contribution in [-0.2, 0) is 11.3 Å². The molecule has 4 heteroatoms. The molecule has 2 aliphatic heterocycles. The fourth-order valence-corrected chi connectivity index (χ4v) is 5.32. The molecule has 1 aliphatic carbocycles. The SMILES string of the molecule is c1ccc(CN2CCC(NCC3(N4CCOCC4)CCCCC3)CC2)cc1. The van der Waals surface area contributed by atoms with E-state index in [9.17, 15) is 0 Å². The highest BCUT2D eigenvalue weighted by atomic mass is 16.5. The van der Waals surface area contributed by atoms with E-state index in [1.165, 1.54) is 70.1 Å². The zero-order valence-electron chi connectivity index (χ0n) is 16.9. The number of morpholine rings is 1. The first-order valence-corrected chi connectivity index (χ1v) is 11.2. The van der Waals surface area contributed by atoms with Gasteiger partial charge in [-0.3, -0.25) is 9.80 Å². The van der Waals surface area contributed by atoms with Crippen LogP contribution in [0.4, 0.5) is 0 Å². The topological polar surface area (TPSA) is 27.7 Å².